The van der Waals surface area contributed by atoms with Crippen LogP contribution in [0.5, 0.6) is 11.5 Å². The number of thiazole rings is 1. The molecule has 0 radical (unpaired) electrons. The minimum absolute atomic E-state index is 0.0791. The van der Waals surface area contributed by atoms with Crippen molar-refractivity contribution in [2.45, 2.75) is 51.2 Å². The van der Waals surface area contributed by atoms with Crippen molar-refractivity contribution in [3.63, 3.8) is 0 Å². The molecule has 1 aliphatic heterocycles. The van der Waals surface area contributed by atoms with Crippen LogP contribution in [0.25, 0.3) is 10.2 Å². The van der Waals surface area contributed by atoms with Gasteiger partial charge in [0.2, 0.25) is 0 Å². The number of aliphatic imine (C=N–C) groups is 1. The van der Waals surface area contributed by atoms with E-state index in [1.165, 1.54) is 12.5 Å². The molecule has 2 heterocycles. The van der Waals surface area contributed by atoms with Crippen molar-refractivity contribution in [1.82, 2.24) is 4.98 Å². The van der Waals surface area contributed by atoms with Crippen LogP contribution in [0.2, 0.25) is 0 Å². The number of methoxy groups -OCH3 is 1. The van der Waals surface area contributed by atoms with Gasteiger partial charge in [0, 0.05) is 24.0 Å². The zero-order chi connectivity index (χ0) is 22.2. The highest BCUT2D eigenvalue weighted by Gasteiger charge is 2.38. The van der Waals surface area contributed by atoms with Gasteiger partial charge in [0.15, 0.2) is 11.5 Å². The van der Waals surface area contributed by atoms with E-state index < -0.39 is 0 Å². The largest absolute Gasteiger partial charge is 0.493 e. The molecule has 1 aliphatic carbocycles. The van der Waals surface area contributed by atoms with Gasteiger partial charge in [-0.1, -0.05) is 6.07 Å². The van der Waals surface area contributed by atoms with Crippen LogP contribution >= 0.6 is 11.3 Å². The van der Waals surface area contributed by atoms with Gasteiger partial charge in [-0.3, -0.25) is 9.79 Å². The van der Waals surface area contributed by atoms with Crippen molar-refractivity contribution in [2.24, 2.45) is 4.99 Å². The highest BCUT2D eigenvalue weighted by atomic mass is 32.1. The van der Waals surface area contributed by atoms with Crippen molar-refractivity contribution in [2.75, 3.05) is 13.7 Å². The first-order chi connectivity index (χ1) is 15.6. The van der Waals surface area contributed by atoms with Gasteiger partial charge in [-0.2, -0.15) is 0 Å². The van der Waals surface area contributed by atoms with Crippen LogP contribution in [0.1, 0.15) is 55.7 Å². The topological polar surface area (TPSA) is 70.0 Å². The first-order valence-electron chi connectivity index (χ1n) is 11.0. The number of aromatic nitrogens is 1. The number of hydrogen-bond donors (Lipinski definition) is 0. The average Bonchev–Trinajstić information content (AvgIpc) is 3.26. The minimum atomic E-state index is -0.226. The summed E-state index contributed by atoms with van der Waals surface area (Å²) in [6, 6.07) is 10.6. The number of rotatable bonds is 5. The molecule has 3 atom stereocenters. The molecule has 0 N–H and O–H groups in total. The molecule has 5 rings (SSSR count). The lowest BCUT2D eigenvalue weighted by atomic mass is 9.74. The van der Waals surface area contributed by atoms with Gasteiger partial charge in [-0.15, -0.1) is 11.3 Å². The predicted molar refractivity (Wildman–Crippen MR) is 125 cm³/mol. The molecule has 0 amide bonds. The van der Waals surface area contributed by atoms with Crippen LogP contribution in [0.15, 0.2) is 40.8 Å². The first-order valence-corrected chi connectivity index (χ1v) is 11.9. The van der Waals surface area contributed by atoms with Crippen molar-refractivity contribution >= 4 is 33.2 Å². The lowest BCUT2D eigenvalue weighted by molar-refractivity contribution is -0.148. The van der Waals surface area contributed by atoms with E-state index in [0.717, 1.165) is 52.1 Å². The van der Waals surface area contributed by atoms with Gasteiger partial charge in [0.05, 0.1) is 41.2 Å². The third-order valence-electron chi connectivity index (χ3n) is 6.29. The SMILES string of the molecule is CCOc1cc2c(cc1OC)C(c1ccc3ncsc3c1)=NC1CCC(OC(C)=O)CC21. The normalized spacial score (nSPS) is 22.0. The van der Waals surface area contributed by atoms with Gasteiger partial charge in [-0.05, 0) is 56.0 Å². The summed E-state index contributed by atoms with van der Waals surface area (Å²) in [5.41, 5.74) is 7.16. The van der Waals surface area contributed by atoms with Crippen LogP contribution in [-0.2, 0) is 9.53 Å². The van der Waals surface area contributed by atoms with Gasteiger partial charge in [-0.25, -0.2) is 4.98 Å². The zero-order valence-electron chi connectivity index (χ0n) is 18.5. The number of fused-ring (bicyclic) bond motifs is 4. The van der Waals surface area contributed by atoms with E-state index >= 15 is 0 Å². The van der Waals surface area contributed by atoms with E-state index in [2.05, 4.69) is 29.2 Å². The maximum Gasteiger partial charge on any atom is 0.302 e. The average molecular weight is 451 g/mol. The molecule has 1 saturated carbocycles. The van der Waals surface area contributed by atoms with E-state index in [1.807, 2.05) is 18.5 Å². The molecule has 32 heavy (non-hydrogen) atoms. The Kier molecular flexibility index (Phi) is 5.59. The summed E-state index contributed by atoms with van der Waals surface area (Å²) in [6.45, 7) is 4.00. The Morgan fingerprint density at radius 1 is 1.19 bits per heavy atom. The van der Waals surface area contributed by atoms with Crippen LogP contribution in [0.3, 0.4) is 0 Å². The molecule has 0 spiro atoms. The summed E-state index contributed by atoms with van der Waals surface area (Å²) >= 11 is 1.63. The molecule has 2 aliphatic rings. The Morgan fingerprint density at radius 3 is 2.84 bits per heavy atom. The fraction of sp³-hybridized carbons (Fsp3) is 0.400. The Balaban J connectivity index is 1.63. The van der Waals surface area contributed by atoms with E-state index in [1.54, 1.807) is 18.4 Å². The number of hydrogen-bond acceptors (Lipinski definition) is 7. The lowest BCUT2D eigenvalue weighted by Crippen LogP contribution is -2.36. The molecule has 166 valence electrons. The molecule has 7 heteroatoms. The van der Waals surface area contributed by atoms with Gasteiger partial charge in [0.1, 0.15) is 6.10 Å². The fourth-order valence-corrected chi connectivity index (χ4v) is 5.65. The Labute approximate surface area is 191 Å². The van der Waals surface area contributed by atoms with Crippen molar-refractivity contribution in [1.29, 1.82) is 0 Å². The Bertz CT molecular complexity index is 1200. The lowest BCUT2D eigenvalue weighted by Gasteiger charge is -2.38. The molecular weight excluding hydrogens is 424 g/mol. The van der Waals surface area contributed by atoms with Crippen molar-refractivity contribution in [3.05, 3.63) is 52.5 Å². The first kappa shape index (κ1) is 20.9. The summed E-state index contributed by atoms with van der Waals surface area (Å²) in [6.07, 6.45) is 2.39. The molecule has 6 nitrogen and oxygen atoms in total. The summed E-state index contributed by atoms with van der Waals surface area (Å²) < 4.78 is 18.3. The second-order valence-corrected chi connectivity index (χ2v) is 9.14. The molecular formula is C25H26N2O4S. The molecule has 1 fully saturated rings. The third kappa shape index (κ3) is 3.75. The smallest absolute Gasteiger partial charge is 0.302 e. The second kappa shape index (κ2) is 8.54. The maximum absolute atomic E-state index is 11.6. The minimum Gasteiger partial charge on any atom is -0.493 e. The monoisotopic (exact) mass is 450 g/mol. The van der Waals surface area contributed by atoms with Crippen LogP contribution in [-0.4, -0.2) is 42.5 Å². The maximum atomic E-state index is 11.6. The summed E-state index contributed by atoms with van der Waals surface area (Å²) in [5.74, 6) is 1.38. The van der Waals surface area contributed by atoms with Crippen LogP contribution in [0, 0.1) is 0 Å². The molecule has 3 aromatic rings. The fourth-order valence-electron chi connectivity index (χ4n) is 4.93. The molecule has 1 aromatic heterocycles. The van der Waals surface area contributed by atoms with E-state index in [-0.39, 0.29) is 24.0 Å². The number of nitrogens with zero attached hydrogens (tertiary/aromatic N) is 2. The quantitative estimate of drug-likeness (QED) is 0.505. The van der Waals surface area contributed by atoms with Gasteiger partial charge < -0.3 is 14.2 Å². The number of esters is 1. The van der Waals surface area contributed by atoms with Gasteiger partial charge in [0.25, 0.3) is 0 Å². The molecule has 3 unspecified atom stereocenters. The van der Waals surface area contributed by atoms with E-state index in [4.69, 9.17) is 19.2 Å². The third-order valence-corrected chi connectivity index (χ3v) is 7.08. The number of carbonyl (C=O) groups is 1. The summed E-state index contributed by atoms with van der Waals surface area (Å²) in [5, 5.41) is 0. The summed E-state index contributed by atoms with van der Waals surface area (Å²) in [4.78, 5) is 21.2. The van der Waals surface area contributed by atoms with E-state index in [9.17, 15) is 4.79 Å². The molecule has 0 bridgehead atoms. The number of ether oxygens (including phenoxy) is 3. The van der Waals surface area contributed by atoms with Crippen molar-refractivity contribution in [3.8, 4) is 11.5 Å². The van der Waals surface area contributed by atoms with E-state index in [0.29, 0.717) is 12.4 Å². The Hall–Kier alpha value is -2.93. The second-order valence-electron chi connectivity index (χ2n) is 8.25. The van der Waals surface area contributed by atoms with Crippen molar-refractivity contribution < 1.29 is 19.0 Å². The Morgan fingerprint density at radius 2 is 2.06 bits per heavy atom. The molecule has 2 aromatic carbocycles. The van der Waals surface area contributed by atoms with Crippen LogP contribution in [0.4, 0.5) is 0 Å². The zero-order valence-corrected chi connectivity index (χ0v) is 19.3. The highest BCUT2D eigenvalue weighted by Crippen LogP contribution is 2.45. The molecule has 0 saturated heterocycles. The van der Waals surface area contributed by atoms with Crippen LogP contribution < -0.4 is 9.47 Å². The number of benzene rings is 2. The standard InChI is InChI=1S/C25H26N2O4S/c1-4-30-23-11-17-18-10-16(31-14(2)28)6-8-20(18)27-25(19(17)12-22(23)29-3)15-5-7-21-24(9-15)32-13-26-21/h5,7,9,11-13,16,18,20H,4,6,8,10H2,1-3H3. The highest BCUT2D eigenvalue weighted by molar-refractivity contribution is 7.16. The van der Waals surface area contributed by atoms with Gasteiger partial charge >= 0.3 is 5.97 Å². The summed E-state index contributed by atoms with van der Waals surface area (Å²) in [7, 11) is 1.66. The predicted octanol–water partition coefficient (Wildman–Crippen LogP) is 5.12. The number of carbonyl (C=O) groups excluding carboxylic acids is 1.